The molecule has 0 bridgehead atoms. The number of benzene rings is 1. The fourth-order valence-corrected chi connectivity index (χ4v) is 1.92. The predicted octanol–water partition coefficient (Wildman–Crippen LogP) is 2.20. The number of carbonyl (C=O) groups is 1. The highest BCUT2D eigenvalue weighted by atomic mass is 32.2. The summed E-state index contributed by atoms with van der Waals surface area (Å²) in [6, 6.07) is 8.72. The Morgan fingerprint density at radius 2 is 1.79 bits per heavy atom. The summed E-state index contributed by atoms with van der Waals surface area (Å²) >= 11 is 7.98. The molecule has 1 unspecified atom stereocenters. The molecule has 0 aliphatic rings. The van der Waals surface area contributed by atoms with Gasteiger partial charge in [-0.25, -0.2) is 0 Å². The number of nitrogens with one attached hydrogen (secondary N) is 2. The molecule has 0 saturated carbocycles. The molecule has 0 aliphatic heterocycles. The lowest BCUT2D eigenvalue weighted by molar-refractivity contribution is -0.119. The SMILES string of the molecule is CN[C@H](C)Cc1ccc(C(C)NC(=O)C(S)S)cc1. The van der Waals surface area contributed by atoms with Crippen molar-refractivity contribution in [3.8, 4) is 0 Å². The summed E-state index contributed by atoms with van der Waals surface area (Å²) in [5, 5.41) is 6.08. The van der Waals surface area contributed by atoms with Gasteiger partial charge in [-0.2, -0.15) is 25.3 Å². The molecule has 1 amide bonds. The van der Waals surface area contributed by atoms with Crippen molar-refractivity contribution in [1.82, 2.24) is 10.6 Å². The molecule has 0 saturated heterocycles. The fraction of sp³-hybridized carbons (Fsp3) is 0.500. The summed E-state index contributed by atoms with van der Waals surface area (Å²) in [7, 11) is 1.96. The first-order valence-electron chi connectivity index (χ1n) is 6.36. The molecule has 0 radical (unpaired) electrons. The Bertz CT molecular complexity index is 406. The molecule has 19 heavy (non-hydrogen) atoms. The van der Waals surface area contributed by atoms with Crippen LogP contribution in [0.25, 0.3) is 0 Å². The highest BCUT2D eigenvalue weighted by molar-refractivity contribution is 8.00. The Balaban J connectivity index is 2.62. The second-order valence-electron chi connectivity index (χ2n) is 4.74. The minimum Gasteiger partial charge on any atom is -0.348 e. The van der Waals surface area contributed by atoms with E-state index in [1.807, 2.05) is 14.0 Å². The maximum Gasteiger partial charge on any atom is 0.243 e. The fourth-order valence-electron chi connectivity index (χ4n) is 1.77. The third-order valence-electron chi connectivity index (χ3n) is 3.11. The van der Waals surface area contributed by atoms with E-state index in [0.29, 0.717) is 6.04 Å². The van der Waals surface area contributed by atoms with Gasteiger partial charge in [0, 0.05) is 6.04 Å². The van der Waals surface area contributed by atoms with Gasteiger partial charge in [0.1, 0.15) is 4.58 Å². The van der Waals surface area contributed by atoms with Crippen molar-refractivity contribution in [2.24, 2.45) is 0 Å². The molecular formula is C14H22N2OS2. The Morgan fingerprint density at radius 1 is 1.21 bits per heavy atom. The van der Waals surface area contributed by atoms with E-state index in [1.54, 1.807) is 0 Å². The molecule has 3 nitrogen and oxygen atoms in total. The summed E-state index contributed by atoms with van der Waals surface area (Å²) in [6.07, 6.45) is 0.993. The molecule has 5 heteroatoms. The van der Waals surface area contributed by atoms with Gasteiger partial charge in [-0.3, -0.25) is 4.79 Å². The van der Waals surface area contributed by atoms with Crippen molar-refractivity contribution >= 4 is 31.2 Å². The van der Waals surface area contributed by atoms with E-state index < -0.39 is 4.58 Å². The van der Waals surface area contributed by atoms with Gasteiger partial charge >= 0.3 is 0 Å². The number of likely N-dealkylation sites (N-methyl/N-ethyl adjacent to an activating group) is 1. The van der Waals surface area contributed by atoms with E-state index in [4.69, 9.17) is 0 Å². The normalized spacial score (nSPS) is 14.2. The number of hydrogen-bond donors (Lipinski definition) is 4. The van der Waals surface area contributed by atoms with Crippen LogP contribution < -0.4 is 10.6 Å². The minimum absolute atomic E-state index is 0.0370. The van der Waals surface area contributed by atoms with Crippen LogP contribution >= 0.6 is 25.3 Å². The van der Waals surface area contributed by atoms with Crippen molar-refractivity contribution in [2.75, 3.05) is 7.05 Å². The van der Waals surface area contributed by atoms with Crippen molar-refractivity contribution in [2.45, 2.75) is 36.9 Å². The minimum atomic E-state index is -0.585. The van der Waals surface area contributed by atoms with Gasteiger partial charge < -0.3 is 10.6 Å². The van der Waals surface area contributed by atoms with Crippen LogP contribution in [-0.2, 0) is 11.2 Å². The predicted molar refractivity (Wildman–Crippen MR) is 87.0 cm³/mol. The van der Waals surface area contributed by atoms with Crippen LogP contribution in [0, 0.1) is 0 Å². The van der Waals surface area contributed by atoms with Gasteiger partial charge in [-0.05, 0) is 38.4 Å². The van der Waals surface area contributed by atoms with Crippen molar-refractivity contribution in [3.05, 3.63) is 35.4 Å². The first kappa shape index (κ1) is 16.4. The number of thiol groups is 2. The number of carbonyl (C=O) groups excluding carboxylic acids is 1. The molecule has 2 N–H and O–H groups in total. The van der Waals surface area contributed by atoms with E-state index in [0.717, 1.165) is 12.0 Å². The molecular weight excluding hydrogens is 276 g/mol. The van der Waals surface area contributed by atoms with Crippen LogP contribution in [-0.4, -0.2) is 23.6 Å². The summed E-state index contributed by atoms with van der Waals surface area (Å²) < 4.78 is -0.585. The summed E-state index contributed by atoms with van der Waals surface area (Å²) in [5.41, 5.74) is 2.36. The molecule has 0 heterocycles. The maximum atomic E-state index is 11.5. The van der Waals surface area contributed by atoms with Crippen LogP contribution in [0.2, 0.25) is 0 Å². The van der Waals surface area contributed by atoms with Gasteiger partial charge in [0.05, 0.1) is 6.04 Å². The lowest BCUT2D eigenvalue weighted by Gasteiger charge is -2.16. The third kappa shape index (κ3) is 5.47. The Hall–Kier alpha value is -0.650. The van der Waals surface area contributed by atoms with Crippen molar-refractivity contribution < 1.29 is 4.79 Å². The quantitative estimate of drug-likeness (QED) is 0.480. The molecule has 0 aliphatic carbocycles. The van der Waals surface area contributed by atoms with E-state index in [2.05, 4.69) is 67.1 Å². The Labute approximate surface area is 126 Å². The molecule has 1 aromatic carbocycles. The van der Waals surface area contributed by atoms with Crippen molar-refractivity contribution in [3.63, 3.8) is 0 Å². The highest BCUT2D eigenvalue weighted by Gasteiger charge is 2.13. The summed E-state index contributed by atoms with van der Waals surface area (Å²) in [5.74, 6) is -0.174. The van der Waals surface area contributed by atoms with E-state index >= 15 is 0 Å². The summed E-state index contributed by atoms with van der Waals surface area (Å²) in [6.45, 7) is 4.10. The van der Waals surface area contributed by atoms with Gasteiger partial charge in [-0.15, -0.1) is 0 Å². The monoisotopic (exact) mass is 298 g/mol. The van der Waals surface area contributed by atoms with Crippen LogP contribution in [0.1, 0.15) is 31.0 Å². The second kappa shape index (κ2) is 7.82. The van der Waals surface area contributed by atoms with Gasteiger partial charge in [-0.1, -0.05) is 24.3 Å². The third-order valence-corrected chi connectivity index (χ3v) is 3.58. The number of rotatable bonds is 6. The largest absolute Gasteiger partial charge is 0.348 e. The Morgan fingerprint density at radius 3 is 2.26 bits per heavy atom. The molecule has 2 atom stereocenters. The van der Waals surface area contributed by atoms with Crippen LogP contribution in [0.15, 0.2) is 24.3 Å². The Kier molecular flexibility index (Phi) is 6.75. The summed E-state index contributed by atoms with van der Waals surface area (Å²) in [4.78, 5) is 11.5. The average molecular weight is 298 g/mol. The zero-order valence-electron chi connectivity index (χ0n) is 11.6. The highest BCUT2D eigenvalue weighted by Crippen LogP contribution is 2.15. The topological polar surface area (TPSA) is 41.1 Å². The maximum absolute atomic E-state index is 11.5. The lowest BCUT2D eigenvalue weighted by atomic mass is 10.0. The van der Waals surface area contributed by atoms with Crippen molar-refractivity contribution in [1.29, 1.82) is 0 Å². The van der Waals surface area contributed by atoms with Gasteiger partial charge in [0.25, 0.3) is 0 Å². The van der Waals surface area contributed by atoms with Crippen LogP contribution in [0.5, 0.6) is 0 Å². The average Bonchev–Trinajstić information content (AvgIpc) is 2.39. The molecule has 0 spiro atoms. The molecule has 106 valence electrons. The first-order valence-corrected chi connectivity index (χ1v) is 7.40. The molecule has 1 aromatic rings. The van der Waals surface area contributed by atoms with Crippen LogP contribution in [0.4, 0.5) is 0 Å². The van der Waals surface area contributed by atoms with E-state index in [1.165, 1.54) is 5.56 Å². The van der Waals surface area contributed by atoms with Gasteiger partial charge in [0.15, 0.2) is 0 Å². The van der Waals surface area contributed by atoms with E-state index in [-0.39, 0.29) is 11.9 Å². The first-order chi connectivity index (χ1) is 8.93. The standard InChI is InChI=1S/C14H22N2OS2/c1-9(15-3)8-11-4-6-12(7-5-11)10(2)16-13(17)14(18)19/h4-7,9-10,14-15,18-19H,8H2,1-3H3,(H,16,17)/t9-,10?/m1/s1. The molecule has 0 fully saturated rings. The zero-order valence-corrected chi connectivity index (χ0v) is 13.3. The molecule has 1 rings (SSSR count). The lowest BCUT2D eigenvalue weighted by Crippen LogP contribution is -2.31. The number of hydrogen-bond acceptors (Lipinski definition) is 4. The number of amides is 1. The second-order valence-corrected chi connectivity index (χ2v) is 6.18. The zero-order chi connectivity index (χ0) is 14.4. The van der Waals surface area contributed by atoms with E-state index in [9.17, 15) is 4.79 Å². The molecule has 0 aromatic heterocycles. The van der Waals surface area contributed by atoms with Crippen LogP contribution in [0.3, 0.4) is 0 Å². The smallest absolute Gasteiger partial charge is 0.243 e. The van der Waals surface area contributed by atoms with Gasteiger partial charge in [0.2, 0.25) is 5.91 Å².